The molecule has 16 heavy (non-hydrogen) atoms. The summed E-state index contributed by atoms with van der Waals surface area (Å²) in [7, 11) is 0. The Hall–Kier alpha value is -0.800. The number of nitrogens with one attached hydrogen (secondary N) is 1. The van der Waals surface area contributed by atoms with Crippen molar-refractivity contribution in [3.05, 3.63) is 28.0 Å². The van der Waals surface area contributed by atoms with Gasteiger partial charge in [-0.15, -0.1) is 0 Å². The summed E-state index contributed by atoms with van der Waals surface area (Å²) in [5, 5.41) is 0.767. The molecule has 2 aromatic rings. The number of rotatable bonds is 2. The highest BCUT2D eigenvalue weighted by atomic mass is 35.5. The van der Waals surface area contributed by atoms with Crippen molar-refractivity contribution in [3.63, 3.8) is 0 Å². The molecular weight excluding hydrogens is 240 g/mol. The molecule has 0 atom stereocenters. The summed E-state index contributed by atoms with van der Waals surface area (Å²) >= 11 is 11.4. The number of aromatic nitrogens is 2. The predicted molar refractivity (Wildman–Crippen MR) is 69.5 cm³/mol. The minimum absolute atomic E-state index is 0.767. The lowest BCUT2D eigenvalue weighted by atomic mass is 9.85. The number of aromatic amines is 1. The van der Waals surface area contributed by atoms with E-state index < -0.39 is 0 Å². The largest absolute Gasteiger partial charge is 0.331 e. The van der Waals surface area contributed by atoms with Gasteiger partial charge in [0.1, 0.15) is 0 Å². The number of hydrogen-bond acceptors (Lipinski definition) is 1. The van der Waals surface area contributed by atoms with Gasteiger partial charge in [0.25, 0.3) is 0 Å². The third-order valence-corrected chi connectivity index (χ3v) is 3.96. The maximum atomic E-state index is 6.02. The van der Waals surface area contributed by atoms with E-state index >= 15 is 0 Å². The zero-order chi connectivity index (χ0) is 11.1. The van der Waals surface area contributed by atoms with Crippen LogP contribution in [0.3, 0.4) is 0 Å². The van der Waals surface area contributed by atoms with Gasteiger partial charge >= 0.3 is 0 Å². The predicted octanol–water partition coefficient (Wildman–Crippen LogP) is 4.15. The van der Waals surface area contributed by atoms with Crippen LogP contribution in [-0.2, 0) is 6.54 Å². The van der Waals surface area contributed by atoms with Crippen molar-refractivity contribution in [3.8, 4) is 0 Å². The molecule has 0 spiro atoms. The van der Waals surface area contributed by atoms with Crippen molar-refractivity contribution in [2.45, 2.75) is 25.8 Å². The Morgan fingerprint density at radius 2 is 2.25 bits per heavy atom. The number of imidazole rings is 1. The quantitative estimate of drug-likeness (QED) is 0.797. The smallest absolute Gasteiger partial charge is 0.178 e. The Balaban J connectivity index is 2.09. The molecule has 0 saturated heterocycles. The van der Waals surface area contributed by atoms with Crippen molar-refractivity contribution in [1.82, 2.24) is 9.55 Å². The summed E-state index contributed by atoms with van der Waals surface area (Å²) in [4.78, 5) is 3.23. The van der Waals surface area contributed by atoms with Crippen LogP contribution in [0.2, 0.25) is 5.02 Å². The lowest BCUT2D eigenvalue weighted by Gasteiger charge is -2.25. The Morgan fingerprint density at radius 3 is 2.94 bits per heavy atom. The molecule has 3 rings (SSSR count). The maximum Gasteiger partial charge on any atom is 0.178 e. The average Bonchev–Trinajstić information content (AvgIpc) is 2.48. The van der Waals surface area contributed by atoms with Crippen LogP contribution in [0.5, 0.6) is 0 Å². The Kier molecular flexibility index (Phi) is 2.52. The normalized spacial score (nSPS) is 16.6. The molecule has 1 N–H and O–H groups in total. The second-order valence-electron chi connectivity index (χ2n) is 4.50. The summed E-state index contributed by atoms with van der Waals surface area (Å²) < 4.78 is 2.99. The van der Waals surface area contributed by atoms with Crippen LogP contribution < -0.4 is 0 Å². The van der Waals surface area contributed by atoms with Crippen LogP contribution >= 0.6 is 23.8 Å². The molecule has 0 aliphatic heterocycles. The van der Waals surface area contributed by atoms with Crippen LogP contribution in [0.25, 0.3) is 11.0 Å². The van der Waals surface area contributed by atoms with Gasteiger partial charge in [-0.1, -0.05) is 18.0 Å². The first-order valence-corrected chi connectivity index (χ1v) is 6.41. The fraction of sp³-hybridized carbons (Fsp3) is 0.417. The molecular formula is C12H13ClN2S. The van der Waals surface area contributed by atoms with Gasteiger partial charge in [-0.05, 0) is 49.2 Å². The Bertz CT molecular complexity index is 580. The second kappa shape index (κ2) is 3.90. The molecule has 0 bridgehead atoms. The zero-order valence-electron chi connectivity index (χ0n) is 8.87. The summed E-state index contributed by atoms with van der Waals surface area (Å²) in [5.74, 6) is 0.796. The summed E-state index contributed by atoms with van der Waals surface area (Å²) in [6, 6.07) is 5.87. The number of nitrogens with zero attached hydrogens (tertiary/aromatic N) is 1. The third-order valence-electron chi connectivity index (χ3n) is 3.40. The number of fused-ring (bicyclic) bond motifs is 1. The van der Waals surface area contributed by atoms with Gasteiger partial charge in [-0.3, -0.25) is 0 Å². The molecule has 84 valence electrons. The van der Waals surface area contributed by atoms with E-state index in [9.17, 15) is 0 Å². The number of halogens is 1. The molecule has 1 aliphatic rings. The van der Waals surface area contributed by atoms with Crippen LogP contribution in [0.15, 0.2) is 18.2 Å². The highest BCUT2D eigenvalue weighted by Gasteiger charge is 2.19. The standard InChI is InChI=1S/C12H13ClN2S/c13-9-4-5-10-11(6-9)15(12(16)14-10)7-8-2-1-3-8/h4-6,8H,1-3,7H2,(H,14,16). The van der Waals surface area contributed by atoms with Gasteiger partial charge in [-0.25, -0.2) is 0 Å². The lowest BCUT2D eigenvalue weighted by Crippen LogP contribution is -2.17. The first kappa shape index (κ1) is 10.4. The molecule has 1 aromatic heterocycles. The van der Waals surface area contributed by atoms with E-state index in [-0.39, 0.29) is 0 Å². The van der Waals surface area contributed by atoms with Crippen LogP contribution in [0.4, 0.5) is 0 Å². The molecule has 0 unspecified atom stereocenters. The topological polar surface area (TPSA) is 20.7 Å². The Labute approximate surface area is 104 Å². The van der Waals surface area contributed by atoms with Crippen molar-refractivity contribution in [2.24, 2.45) is 5.92 Å². The fourth-order valence-electron chi connectivity index (χ4n) is 2.24. The van der Waals surface area contributed by atoms with E-state index in [1.54, 1.807) is 0 Å². The Morgan fingerprint density at radius 1 is 1.44 bits per heavy atom. The van der Waals surface area contributed by atoms with Gasteiger partial charge in [0, 0.05) is 11.6 Å². The van der Waals surface area contributed by atoms with Crippen LogP contribution in [-0.4, -0.2) is 9.55 Å². The SMILES string of the molecule is S=c1[nH]c2ccc(Cl)cc2n1CC1CCC1. The fourth-order valence-corrected chi connectivity index (χ4v) is 2.69. The lowest BCUT2D eigenvalue weighted by molar-refractivity contribution is 0.278. The van der Waals surface area contributed by atoms with Crippen molar-refractivity contribution < 1.29 is 0 Å². The first-order valence-electron chi connectivity index (χ1n) is 5.62. The molecule has 1 aromatic carbocycles. The van der Waals surface area contributed by atoms with Gasteiger partial charge in [0.15, 0.2) is 4.77 Å². The summed E-state index contributed by atoms with van der Waals surface area (Å²) in [5.41, 5.74) is 2.21. The maximum absolute atomic E-state index is 6.02. The average molecular weight is 253 g/mol. The number of hydrogen-bond donors (Lipinski definition) is 1. The molecule has 1 fully saturated rings. The molecule has 2 nitrogen and oxygen atoms in total. The number of benzene rings is 1. The van der Waals surface area contributed by atoms with Crippen molar-refractivity contribution >= 4 is 34.9 Å². The zero-order valence-corrected chi connectivity index (χ0v) is 10.4. The highest BCUT2D eigenvalue weighted by Crippen LogP contribution is 2.29. The summed E-state index contributed by atoms with van der Waals surface area (Å²) in [6.07, 6.45) is 4.02. The van der Waals surface area contributed by atoms with Crippen molar-refractivity contribution in [2.75, 3.05) is 0 Å². The van der Waals surface area contributed by atoms with E-state index in [1.807, 2.05) is 18.2 Å². The monoisotopic (exact) mass is 252 g/mol. The van der Waals surface area contributed by atoms with Crippen LogP contribution in [0.1, 0.15) is 19.3 Å². The van der Waals surface area contributed by atoms with E-state index in [0.29, 0.717) is 0 Å². The van der Waals surface area contributed by atoms with Gasteiger partial charge in [0.2, 0.25) is 0 Å². The molecule has 1 heterocycles. The molecule has 1 saturated carbocycles. The molecule has 0 amide bonds. The molecule has 4 heteroatoms. The van der Waals surface area contributed by atoms with Crippen molar-refractivity contribution in [1.29, 1.82) is 0 Å². The van der Waals surface area contributed by atoms with Gasteiger partial charge in [0.05, 0.1) is 11.0 Å². The van der Waals surface area contributed by atoms with Crippen LogP contribution in [0, 0.1) is 10.7 Å². The van der Waals surface area contributed by atoms with E-state index in [0.717, 1.165) is 33.3 Å². The van der Waals surface area contributed by atoms with E-state index in [1.165, 1.54) is 19.3 Å². The first-order chi connectivity index (χ1) is 7.74. The number of H-pyrrole nitrogens is 1. The molecule has 0 radical (unpaired) electrons. The highest BCUT2D eigenvalue weighted by molar-refractivity contribution is 7.71. The minimum Gasteiger partial charge on any atom is -0.331 e. The second-order valence-corrected chi connectivity index (χ2v) is 5.32. The molecule has 1 aliphatic carbocycles. The summed E-state index contributed by atoms with van der Waals surface area (Å²) in [6.45, 7) is 1.03. The third kappa shape index (κ3) is 1.68. The van der Waals surface area contributed by atoms with Gasteiger partial charge in [-0.2, -0.15) is 0 Å². The van der Waals surface area contributed by atoms with Gasteiger partial charge < -0.3 is 9.55 Å². The van der Waals surface area contributed by atoms with E-state index in [4.69, 9.17) is 23.8 Å². The van der Waals surface area contributed by atoms with E-state index in [2.05, 4.69) is 9.55 Å². The minimum atomic E-state index is 0.767.